The maximum Gasteiger partial charge on any atom is 0.323 e. The zero-order chi connectivity index (χ0) is 35.5. The van der Waals surface area contributed by atoms with Crippen LogP contribution in [0.25, 0.3) is 0 Å². The molecule has 0 spiro atoms. The van der Waals surface area contributed by atoms with E-state index >= 15 is 0 Å². The van der Waals surface area contributed by atoms with Crippen molar-refractivity contribution in [2.45, 2.75) is 51.5 Å². The van der Waals surface area contributed by atoms with Gasteiger partial charge in [0.25, 0.3) is 0 Å². The Kier molecular flexibility index (Phi) is 12.7. The fourth-order valence-corrected chi connectivity index (χ4v) is 6.17. The van der Waals surface area contributed by atoms with Gasteiger partial charge in [-0.25, -0.2) is 18.4 Å². The molecule has 0 bridgehead atoms. The van der Waals surface area contributed by atoms with Crippen molar-refractivity contribution in [1.29, 1.82) is 0 Å². The molecule has 0 aromatic heterocycles. The van der Waals surface area contributed by atoms with Crippen molar-refractivity contribution in [3.05, 3.63) is 102 Å². The first-order valence-electron chi connectivity index (χ1n) is 16.8. The molecule has 4 amide bonds. The van der Waals surface area contributed by atoms with Gasteiger partial charge in [-0.1, -0.05) is 11.6 Å². The molecule has 2 aliphatic heterocycles. The zero-order valence-electron chi connectivity index (χ0n) is 28.3. The number of carbonyl (C=O) groups excluding carboxylic acids is 2. The summed E-state index contributed by atoms with van der Waals surface area (Å²) >= 11 is 5.81. The van der Waals surface area contributed by atoms with Crippen molar-refractivity contribution in [1.82, 2.24) is 0 Å². The summed E-state index contributed by atoms with van der Waals surface area (Å²) in [7, 11) is 1.58. The van der Waals surface area contributed by atoms with Crippen molar-refractivity contribution in [2.75, 3.05) is 57.8 Å². The number of ether oxygens (including phenoxy) is 1. The Morgan fingerprint density at radius 3 is 1.66 bits per heavy atom. The molecule has 6 rings (SSSR count). The molecular weight excluding hydrogens is 662 g/mol. The summed E-state index contributed by atoms with van der Waals surface area (Å²) in [6.45, 7) is 4.73. The van der Waals surface area contributed by atoms with Crippen molar-refractivity contribution < 1.29 is 23.1 Å². The van der Waals surface area contributed by atoms with Crippen LogP contribution in [-0.2, 0) is 0 Å². The maximum atomic E-state index is 14.5. The molecule has 0 radical (unpaired) electrons. The van der Waals surface area contributed by atoms with Crippen LogP contribution in [0, 0.1) is 11.6 Å². The number of nitrogens with zero attached hydrogens (tertiary/aromatic N) is 2. The third-order valence-corrected chi connectivity index (χ3v) is 8.92. The average molecular weight is 705 g/mol. The van der Waals surface area contributed by atoms with Crippen LogP contribution in [-0.4, -0.2) is 44.8 Å². The third kappa shape index (κ3) is 10.2. The minimum atomic E-state index is -0.430. The van der Waals surface area contributed by atoms with Gasteiger partial charge in [0.05, 0.1) is 18.5 Å². The van der Waals surface area contributed by atoms with Crippen molar-refractivity contribution in [2.24, 2.45) is 0 Å². The standard InChI is InChI=1S/C19H21ClFN3O.C19H22FN3O2/c1-13-4-2-3-11-24(13)18-10-9-16(12-17(18)21)23-19(25)22-15-7-5-14(20)6-8-15;1-25-16-8-5-14(6-9-16)21-19(24)22-15-7-10-18(17(20)13-15)23-11-3-2-4-12-23/h5-10,12-13H,2-4,11H2,1H3,(H2,22,23,25);5-10,13H,2-4,11-12H2,1H3,(H2,21,22,24). The van der Waals surface area contributed by atoms with Gasteiger partial charge in [-0.05, 0) is 130 Å². The first kappa shape index (κ1) is 36.3. The highest BCUT2D eigenvalue weighted by molar-refractivity contribution is 6.30. The summed E-state index contributed by atoms with van der Waals surface area (Å²) in [5.41, 5.74) is 3.27. The Balaban J connectivity index is 0.000000194. The van der Waals surface area contributed by atoms with Gasteiger partial charge < -0.3 is 35.8 Å². The number of urea groups is 2. The van der Waals surface area contributed by atoms with Crippen LogP contribution in [0.15, 0.2) is 84.9 Å². The van der Waals surface area contributed by atoms with E-state index < -0.39 is 12.1 Å². The molecule has 9 nitrogen and oxygen atoms in total. The minimum absolute atomic E-state index is 0.316. The molecule has 264 valence electrons. The van der Waals surface area contributed by atoms with E-state index in [0.717, 1.165) is 45.3 Å². The summed E-state index contributed by atoms with van der Waals surface area (Å²) in [5.74, 6) is 0.0727. The van der Waals surface area contributed by atoms with Crippen LogP contribution in [0.1, 0.15) is 45.4 Å². The normalized spacial score (nSPS) is 15.7. The zero-order valence-corrected chi connectivity index (χ0v) is 29.0. The highest BCUT2D eigenvalue weighted by Gasteiger charge is 2.21. The van der Waals surface area contributed by atoms with Crippen LogP contribution < -0.4 is 35.8 Å². The number of anilines is 6. The van der Waals surface area contributed by atoms with Crippen LogP contribution >= 0.6 is 11.6 Å². The number of carbonyl (C=O) groups is 2. The van der Waals surface area contributed by atoms with Gasteiger partial charge in [0.2, 0.25) is 0 Å². The maximum absolute atomic E-state index is 14.5. The molecular formula is C38H43ClF2N6O3. The Morgan fingerprint density at radius 2 is 1.14 bits per heavy atom. The highest BCUT2D eigenvalue weighted by Crippen LogP contribution is 2.29. The van der Waals surface area contributed by atoms with Gasteiger partial charge in [-0.3, -0.25) is 0 Å². The van der Waals surface area contributed by atoms with E-state index in [1.54, 1.807) is 79.9 Å². The van der Waals surface area contributed by atoms with Gasteiger partial charge in [0.1, 0.15) is 17.4 Å². The molecule has 4 N–H and O–H groups in total. The number of methoxy groups -OCH3 is 1. The van der Waals surface area contributed by atoms with Gasteiger partial charge in [0, 0.05) is 53.4 Å². The lowest BCUT2D eigenvalue weighted by Gasteiger charge is -2.35. The molecule has 2 saturated heterocycles. The van der Waals surface area contributed by atoms with Crippen LogP contribution in [0.4, 0.5) is 52.5 Å². The first-order valence-corrected chi connectivity index (χ1v) is 17.2. The highest BCUT2D eigenvalue weighted by atomic mass is 35.5. The quantitative estimate of drug-likeness (QED) is 0.154. The number of benzene rings is 4. The monoisotopic (exact) mass is 704 g/mol. The second kappa shape index (κ2) is 17.6. The molecule has 50 heavy (non-hydrogen) atoms. The van der Waals surface area contributed by atoms with E-state index in [2.05, 4.69) is 38.0 Å². The predicted octanol–water partition coefficient (Wildman–Crippen LogP) is 9.97. The van der Waals surface area contributed by atoms with Crippen molar-refractivity contribution >= 4 is 57.8 Å². The fourth-order valence-electron chi connectivity index (χ4n) is 6.04. The second-order valence-electron chi connectivity index (χ2n) is 12.3. The first-order chi connectivity index (χ1) is 24.2. The lowest BCUT2D eigenvalue weighted by molar-refractivity contribution is 0.261. The van der Waals surface area contributed by atoms with Gasteiger partial charge in [-0.2, -0.15) is 0 Å². The van der Waals surface area contributed by atoms with Crippen molar-refractivity contribution in [3.63, 3.8) is 0 Å². The number of hydrogen-bond acceptors (Lipinski definition) is 5. The summed E-state index contributed by atoms with van der Waals surface area (Å²) in [4.78, 5) is 28.2. The van der Waals surface area contributed by atoms with E-state index in [1.165, 1.54) is 25.0 Å². The Hall–Kier alpha value is -5.03. The van der Waals surface area contributed by atoms with Crippen LogP contribution in [0.2, 0.25) is 5.02 Å². The van der Waals surface area contributed by atoms with E-state index in [0.29, 0.717) is 50.9 Å². The van der Waals surface area contributed by atoms with Crippen LogP contribution in [0.3, 0.4) is 0 Å². The largest absolute Gasteiger partial charge is 0.497 e. The smallest absolute Gasteiger partial charge is 0.323 e. The number of rotatable bonds is 7. The van der Waals surface area contributed by atoms with Gasteiger partial charge in [-0.15, -0.1) is 0 Å². The minimum Gasteiger partial charge on any atom is -0.497 e. The number of hydrogen-bond donors (Lipinski definition) is 4. The van der Waals surface area contributed by atoms with Crippen LogP contribution in [0.5, 0.6) is 5.75 Å². The molecule has 4 aromatic rings. The van der Waals surface area contributed by atoms with Crippen molar-refractivity contribution in [3.8, 4) is 5.75 Å². The van der Waals surface area contributed by atoms with E-state index in [4.69, 9.17) is 16.3 Å². The second-order valence-corrected chi connectivity index (χ2v) is 12.7. The van der Waals surface area contributed by atoms with Gasteiger partial charge >= 0.3 is 12.1 Å². The molecule has 0 saturated carbocycles. The predicted molar refractivity (Wildman–Crippen MR) is 199 cm³/mol. The molecule has 1 atom stereocenters. The number of piperidine rings is 2. The van der Waals surface area contributed by atoms with E-state index in [9.17, 15) is 18.4 Å². The summed E-state index contributed by atoms with van der Waals surface area (Å²) in [5, 5.41) is 11.3. The average Bonchev–Trinajstić information content (AvgIpc) is 3.11. The molecule has 12 heteroatoms. The SMILES string of the molecule is CC1CCCCN1c1ccc(NC(=O)Nc2ccc(Cl)cc2)cc1F.COc1ccc(NC(=O)Nc2ccc(N3CCCCC3)c(F)c2)cc1. The Labute approximate surface area is 296 Å². The lowest BCUT2D eigenvalue weighted by atomic mass is 10.0. The Bertz CT molecular complexity index is 1740. The molecule has 1 unspecified atom stereocenters. The summed E-state index contributed by atoms with van der Waals surface area (Å²) in [6, 6.07) is 22.8. The summed E-state index contributed by atoms with van der Waals surface area (Å²) < 4.78 is 33.9. The molecule has 2 aliphatic rings. The molecule has 2 heterocycles. The van der Waals surface area contributed by atoms with Gasteiger partial charge in [0.15, 0.2) is 0 Å². The third-order valence-electron chi connectivity index (χ3n) is 8.67. The Morgan fingerprint density at radius 1 is 0.660 bits per heavy atom. The number of halogens is 3. The molecule has 0 aliphatic carbocycles. The number of nitrogens with one attached hydrogen (secondary N) is 4. The topological polar surface area (TPSA) is 98.0 Å². The number of amides is 4. The lowest BCUT2D eigenvalue weighted by Crippen LogP contribution is -2.38. The summed E-state index contributed by atoms with van der Waals surface area (Å²) in [6.07, 6.45) is 6.71. The van der Waals surface area contributed by atoms with E-state index in [-0.39, 0.29) is 11.6 Å². The molecule has 4 aromatic carbocycles. The molecule has 2 fully saturated rings. The fraction of sp³-hybridized carbons (Fsp3) is 0.316. The van der Waals surface area contributed by atoms with E-state index in [1.807, 2.05) is 0 Å².